The molecule has 66 heavy (non-hydrogen) atoms. The van der Waals surface area contributed by atoms with E-state index in [-0.39, 0.29) is 19.4 Å². The minimum absolute atomic E-state index is 0.158. The van der Waals surface area contributed by atoms with Crippen molar-refractivity contribution < 1.29 is 56.8 Å². The van der Waals surface area contributed by atoms with Crippen LogP contribution in [0.3, 0.4) is 0 Å². The molecule has 0 radical (unpaired) electrons. The summed E-state index contributed by atoms with van der Waals surface area (Å²) in [6.07, 6.45) is 43.1. The van der Waals surface area contributed by atoms with Crippen LogP contribution in [0.25, 0.3) is 0 Å². The van der Waals surface area contributed by atoms with Crippen molar-refractivity contribution in [2.75, 3.05) is 19.0 Å². The van der Waals surface area contributed by atoms with Gasteiger partial charge in [-0.15, -0.1) is 0 Å². The Labute approximate surface area is 401 Å². The largest absolute Gasteiger partial charge is 0.462 e. The van der Waals surface area contributed by atoms with Crippen LogP contribution in [0.1, 0.15) is 219 Å². The van der Waals surface area contributed by atoms with Crippen molar-refractivity contribution in [2.24, 2.45) is 0 Å². The molecule has 2 unspecified atom stereocenters. The van der Waals surface area contributed by atoms with Crippen molar-refractivity contribution in [2.45, 2.75) is 256 Å². The molecule has 0 aromatic heterocycles. The topological polar surface area (TPSA) is 186 Å². The first-order valence-corrected chi connectivity index (χ1v) is 27.8. The van der Waals surface area contributed by atoms with Gasteiger partial charge in [-0.05, 0) is 51.4 Å². The lowest BCUT2D eigenvalue weighted by Gasteiger charge is -2.40. The van der Waals surface area contributed by atoms with Crippen LogP contribution >= 0.6 is 0 Å². The number of ether oxygens (including phenoxy) is 4. The molecule has 0 aromatic carbocycles. The van der Waals surface area contributed by atoms with Crippen LogP contribution in [0.2, 0.25) is 0 Å². The number of aliphatic hydroxyl groups excluding tert-OH is 3. The van der Waals surface area contributed by atoms with Gasteiger partial charge in [-0.25, -0.2) is 0 Å². The molecule has 0 bridgehead atoms. The van der Waals surface area contributed by atoms with Crippen LogP contribution in [-0.4, -0.2) is 96.0 Å². The van der Waals surface area contributed by atoms with Crippen molar-refractivity contribution in [3.8, 4) is 0 Å². The van der Waals surface area contributed by atoms with Gasteiger partial charge in [-0.2, -0.15) is 8.42 Å². The second-order valence-electron chi connectivity index (χ2n) is 18.2. The standard InChI is InChI=1S/C53H94O12S/c1-3-5-7-9-11-13-15-17-19-20-21-22-23-24-25-26-28-30-32-34-36-38-40-42-49(55)64-46(44-63-53-52(58)51(57)50(56)47(65-53)45-66(59,60)61)43-62-48(54)41-39-37-35-33-31-29-27-18-16-14-12-10-8-6-4-2/h6,8,12,14,18,27,31,33,46-47,50-53,56-58H,3-5,7,9-11,13,15-17,19-26,28-30,32,34-45H2,1-2H3,(H,59,60,61)/b8-6+,14-12+,27-18+,33-31+/t46-,47-,50-,51?,52?,53+/m1/s1. The van der Waals surface area contributed by atoms with Crippen molar-refractivity contribution in [3.63, 3.8) is 0 Å². The Kier molecular flexibility index (Phi) is 39.9. The van der Waals surface area contributed by atoms with Gasteiger partial charge in [0, 0.05) is 12.8 Å². The van der Waals surface area contributed by atoms with Gasteiger partial charge in [0.05, 0.1) is 6.61 Å². The molecule has 1 saturated heterocycles. The SMILES string of the molecule is CC/C=C/C/C=C/C/C=C/C/C=C/CCCCC(=O)OC[C@H](CO[C@H]1O[C@H](CS(=O)(=O)O)[C@@H](O)C(O)C1O)OC(=O)CCCCCCCCCCCCCCCCCCCCCCCCC. The summed E-state index contributed by atoms with van der Waals surface area (Å²) < 4.78 is 54.2. The average molecular weight is 955 g/mol. The molecule has 1 heterocycles. The number of carbonyl (C=O) groups excluding carboxylic acids is 2. The fraction of sp³-hybridized carbons (Fsp3) is 0.811. The molecule has 12 nitrogen and oxygen atoms in total. The molecule has 1 rings (SSSR count). The van der Waals surface area contributed by atoms with E-state index in [1.807, 2.05) is 0 Å². The lowest BCUT2D eigenvalue weighted by atomic mass is 10.00. The number of unbranched alkanes of at least 4 members (excludes halogenated alkanes) is 24. The summed E-state index contributed by atoms with van der Waals surface area (Å²) in [6.45, 7) is 3.64. The molecule has 0 spiro atoms. The predicted molar refractivity (Wildman–Crippen MR) is 266 cm³/mol. The molecule has 1 aliphatic rings. The average Bonchev–Trinajstić information content (AvgIpc) is 3.28. The number of rotatable bonds is 44. The van der Waals surface area contributed by atoms with E-state index in [2.05, 4.69) is 62.5 Å². The predicted octanol–water partition coefficient (Wildman–Crippen LogP) is 11.9. The Morgan fingerprint density at radius 1 is 0.530 bits per heavy atom. The highest BCUT2D eigenvalue weighted by molar-refractivity contribution is 7.85. The van der Waals surface area contributed by atoms with Gasteiger partial charge in [0.1, 0.15) is 36.8 Å². The molecule has 4 N–H and O–H groups in total. The summed E-state index contributed by atoms with van der Waals surface area (Å²) in [5.74, 6) is -2.03. The summed E-state index contributed by atoms with van der Waals surface area (Å²) in [5.41, 5.74) is 0. The van der Waals surface area contributed by atoms with Gasteiger partial charge in [-0.1, -0.05) is 204 Å². The molecule has 0 amide bonds. The maximum absolute atomic E-state index is 12.9. The molecular formula is C53H94O12S. The van der Waals surface area contributed by atoms with Crippen molar-refractivity contribution >= 4 is 22.1 Å². The van der Waals surface area contributed by atoms with Crippen LogP contribution in [0.5, 0.6) is 0 Å². The third-order valence-electron chi connectivity index (χ3n) is 11.9. The van der Waals surface area contributed by atoms with E-state index < -0.39 is 71.2 Å². The summed E-state index contributed by atoms with van der Waals surface area (Å²) in [6, 6.07) is 0. The summed E-state index contributed by atoms with van der Waals surface area (Å²) in [7, 11) is -4.61. The van der Waals surface area contributed by atoms with E-state index >= 15 is 0 Å². The van der Waals surface area contributed by atoms with Gasteiger partial charge in [0.15, 0.2) is 12.4 Å². The highest BCUT2D eigenvalue weighted by atomic mass is 32.2. The molecule has 384 valence electrons. The molecule has 0 aliphatic carbocycles. The van der Waals surface area contributed by atoms with E-state index in [9.17, 15) is 37.9 Å². The summed E-state index contributed by atoms with van der Waals surface area (Å²) >= 11 is 0. The zero-order chi connectivity index (χ0) is 48.4. The monoisotopic (exact) mass is 955 g/mol. The highest BCUT2D eigenvalue weighted by Gasteiger charge is 2.46. The molecule has 1 aliphatic heterocycles. The first kappa shape index (κ1) is 61.6. The lowest BCUT2D eigenvalue weighted by molar-refractivity contribution is -0.297. The minimum Gasteiger partial charge on any atom is -0.462 e. The second-order valence-corrected chi connectivity index (χ2v) is 19.7. The first-order chi connectivity index (χ1) is 32.0. The molecule has 6 atom stereocenters. The van der Waals surface area contributed by atoms with Gasteiger partial charge in [0.2, 0.25) is 0 Å². The van der Waals surface area contributed by atoms with E-state index in [4.69, 9.17) is 18.9 Å². The third kappa shape index (κ3) is 36.6. The van der Waals surface area contributed by atoms with E-state index in [0.29, 0.717) is 12.8 Å². The Bertz CT molecular complexity index is 1400. The minimum atomic E-state index is -4.61. The molecular weight excluding hydrogens is 861 g/mol. The summed E-state index contributed by atoms with van der Waals surface area (Å²) in [5, 5.41) is 31.0. The van der Waals surface area contributed by atoms with Gasteiger partial charge < -0.3 is 34.3 Å². The Morgan fingerprint density at radius 3 is 1.42 bits per heavy atom. The number of esters is 2. The van der Waals surface area contributed by atoms with E-state index in [1.54, 1.807) is 0 Å². The Morgan fingerprint density at radius 2 is 0.955 bits per heavy atom. The maximum Gasteiger partial charge on any atom is 0.306 e. The number of carbonyl (C=O) groups is 2. The normalized spacial score (nSPS) is 19.8. The quantitative estimate of drug-likeness (QED) is 0.0196. The number of allylic oxidation sites excluding steroid dienone is 8. The fourth-order valence-electron chi connectivity index (χ4n) is 7.90. The first-order valence-electron chi connectivity index (χ1n) is 26.2. The molecule has 1 fully saturated rings. The van der Waals surface area contributed by atoms with Crippen LogP contribution < -0.4 is 0 Å². The van der Waals surface area contributed by atoms with Gasteiger partial charge in [0.25, 0.3) is 10.1 Å². The zero-order valence-electron chi connectivity index (χ0n) is 41.3. The zero-order valence-corrected chi connectivity index (χ0v) is 42.1. The second kappa shape index (κ2) is 42.7. The Hall–Kier alpha value is -2.39. The van der Waals surface area contributed by atoms with Crippen molar-refractivity contribution in [3.05, 3.63) is 48.6 Å². The van der Waals surface area contributed by atoms with Crippen molar-refractivity contribution in [1.82, 2.24) is 0 Å². The van der Waals surface area contributed by atoms with E-state index in [1.165, 1.54) is 122 Å². The summed E-state index contributed by atoms with van der Waals surface area (Å²) in [4.78, 5) is 25.5. The van der Waals surface area contributed by atoms with Crippen molar-refractivity contribution in [1.29, 1.82) is 0 Å². The number of aliphatic hydroxyl groups is 3. The smallest absolute Gasteiger partial charge is 0.306 e. The fourth-order valence-corrected chi connectivity index (χ4v) is 8.60. The Balaban J connectivity index is 2.35. The molecule has 0 aromatic rings. The lowest BCUT2D eigenvalue weighted by Crippen LogP contribution is -2.60. The van der Waals surface area contributed by atoms with E-state index in [0.717, 1.165) is 57.8 Å². The third-order valence-corrected chi connectivity index (χ3v) is 12.7. The van der Waals surface area contributed by atoms with Crippen LogP contribution in [0, 0.1) is 0 Å². The molecule has 13 heteroatoms. The number of hydrogen-bond acceptors (Lipinski definition) is 11. The number of hydrogen-bond donors (Lipinski definition) is 4. The van der Waals surface area contributed by atoms with Crippen LogP contribution in [0.4, 0.5) is 0 Å². The molecule has 0 saturated carbocycles. The maximum atomic E-state index is 12.9. The van der Waals surface area contributed by atoms with Crippen LogP contribution in [0.15, 0.2) is 48.6 Å². The van der Waals surface area contributed by atoms with Gasteiger partial charge >= 0.3 is 11.9 Å². The van der Waals surface area contributed by atoms with Crippen LogP contribution in [-0.2, 0) is 38.7 Å². The van der Waals surface area contributed by atoms with Gasteiger partial charge in [-0.3, -0.25) is 14.1 Å². The highest BCUT2D eigenvalue weighted by Crippen LogP contribution is 2.24.